The molecule has 0 aliphatic rings. The number of halogens is 1. The minimum absolute atomic E-state index is 0.614. The highest BCUT2D eigenvalue weighted by Crippen LogP contribution is 2.24. The van der Waals surface area contributed by atoms with Crippen LogP contribution in [0.2, 0.25) is 5.02 Å². The quantitative estimate of drug-likeness (QED) is 0.789. The van der Waals surface area contributed by atoms with Gasteiger partial charge in [0.05, 0.1) is 7.11 Å². The largest absolute Gasteiger partial charge is 0.496 e. The van der Waals surface area contributed by atoms with Gasteiger partial charge >= 0.3 is 0 Å². The van der Waals surface area contributed by atoms with E-state index in [4.69, 9.17) is 28.6 Å². The van der Waals surface area contributed by atoms with Crippen LogP contribution in [-0.4, -0.2) is 24.2 Å². The molecule has 5 heteroatoms. The van der Waals surface area contributed by atoms with Crippen LogP contribution in [-0.2, 0) is 13.0 Å². The minimum Gasteiger partial charge on any atom is -0.496 e. The monoisotopic (exact) mass is 348 g/mol. The van der Waals surface area contributed by atoms with Crippen LogP contribution in [0.3, 0.4) is 0 Å². The molecule has 0 saturated heterocycles. The van der Waals surface area contributed by atoms with Crippen LogP contribution in [0.5, 0.6) is 5.75 Å². The summed E-state index contributed by atoms with van der Waals surface area (Å²) in [6.07, 6.45) is 1.03. The molecule has 3 nitrogen and oxygen atoms in total. The molecule has 2 aromatic rings. The molecule has 0 amide bonds. The zero-order chi connectivity index (χ0) is 16.8. The Labute approximate surface area is 148 Å². The molecular weight excluding hydrogens is 328 g/mol. The van der Waals surface area contributed by atoms with E-state index in [1.807, 2.05) is 42.3 Å². The fourth-order valence-electron chi connectivity index (χ4n) is 2.24. The van der Waals surface area contributed by atoms with Crippen LogP contribution in [0.15, 0.2) is 42.5 Å². The van der Waals surface area contributed by atoms with E-state index in [-0.39, 0.29) is 0 Å². The predicted octanol–water partition coefficient (Wildman–Crippen LogP) is 4.74. The molecule has 0 bridgehead atoms. The first-order chi connectivity index (χ1) is 11.0. The second-order valence-corrected chi connectivity index (χ2v) is 6.12. The van der Waals surface area contributed by atoms with Crippen molar-refractivity contribution in [1.29, 1.82) is 0 Å². The molecule has 0 spiro atoms. The second kappa shape index (κ2) is 8.18. The lowest BCUT2D eigenvalue weighted by Gasteiger charge is -2.22. The van der Waals surface area contributed by atoms with E-state index in [2.05, 4.69) is 24.4 Å². The third-order valence-corrected chi connectivity index (χ3v) is 4.26. The van der Waals surface area contributed by atoms with Gasteiger partial charge in [-0.05, 0) is 54.5 Å². The lowest BCUT2D eigenvalue weighted by Crippen LogP contribution is -2.30. The molecule has 0 fully saturated rings. The number of anilines is 1. The van der Waals surface area contributed by atoms with Gasteiger partial charge in [0.1, 0.15) is 5.75 Å². The van der Waals surface area contributed by atoms with Crippen molar-refractivity contribution in [1.82, 2.24) is 4.90 Å². The van der Waals surface area contributed by atoms with Gasteiger partial charge in [0, 0.05) is 29.9 Å². The van der Waals surface area contributed by atoms with E-state index in [0.717, 1.165) is 23.4 Å². The molecule has 0 aliphatic carbocycles. The van der Waals surface area contributed by atoms with Gasteiger partial charge in [0.15, 0.2) is 5.11 Å². The normalized spacial score (nSPS) is 10.3. The molecule has 2 rings (SSSR count). The van der Waals surface area contributed by atoms with Crippen molar-refractivity contribution < 1.29 is 4.74 Å². The number of hydrogen-bond acceptors (Lipinski definition) is 2. The number of ether oxygens (including phenoxy) is 1. The molecular formula is C18H21ClN2OS. The molecule has 0 radical (unpaired) electrons. The summed E-state index contributed by atoms with van der Waals surface area (Å²) in [7, 11) is 3.59. The van der Waals surface area contributed by atoms with Gasteiger partial charge in [-0.3, -0.25) is 0 Å². The highest BCUT2D eigenvalue weighted by molar-refractivity contribution is 7.80. The van der Waals surface area contributed by atoms with Crippen molar-refractivity contribution in [2.75, 3.05) is 19.5 Å². The Balaban J connectivity index is 2.03. The lowest BCUT2D eigenvalue weighted by atomic mass is 10.1. The number of aryl methyl sites for hydroxylation is 1. The minimum atomic E-state index is 0.614. The topological polar surface area (TPSA) is 24.5 Å². The van der Waals surface area contributed by atoms with Crippen molar-refractivity contribution in [3.63, 3.8) is 0 Å². The molecule has 1 N–H and O–H groups in total. The summed E-state index contributed by atoms with van der Waals surface area (Å²) in [5.41, 5.74) is 3.28. The second-order valence-electron chi connectivity index (χ2n) is 5.29. The molecule has 0 saturated carbocycles. The van der Waals surface area contributed by atoms with Crippen LogP contribution in [0.25, 0.3) is 0 Å². The van der Waals surface area contributed by atoms with Gasteiger partial charge in [-0.25, -0.2) is 0 Å². The van der Waals surface area contributed by atoms with Gasteiger partial charge in [-0.1, -0.05) is 30.7 Å². The van der Waals surface area contributed by atoms with Crippen molar-refractivity contribution in [3.8, 4) is 5.75 Å². The highest BCUT2D eigenvalue weighted by atomic mass is 35.5. The smallest absolute Gasteiger partial charge is 0.173 e. The molecule has 23 heavy (non-hydrogen) atoms. The first-order valence-electron chi connectivity index (χ1n) is 7.47. The van der Waals surface area contributed by atoms with E-state index in [1.165, 1.54) is 5.56 Å². The Kier molecular flexibility index (Phi) is 6.25. The van der Waals surface area contributed by atoms with Crippen molar-refractivity contribution in [2.45, 2.75) is 19.9 Å². The molecule has 2 aromatic carbocycles. The fraction of sp³-hybridized carbons (Fsp3) is 0.278. The maximum atomic E-state index is 6.07. The Bertz CT molecular complexity index is 673. The maximum absolute atomic E-state index is 6.07. The first kappa shape index (κ1) is 17.6. The Morgan fingerprint density at radius 1 is 1.22 bits per heavy atom. The molecule has 0 unspecified atom stereocenters. The number of methoxy groups -OCH3 is 1. The van der Waals surface area contributed by atoms with Crippen LogP contribution in [0.1, 0.15) is 18.1 Å². The summed E-state index contributed by atoms with van der Waals surface area (Å²) in [6.45, 7) is 2.75. The number of nitrogens with one attached hydrogen (secondary N) is 1. The van der Waals surface area contributed by atoms with E-state index >= 15 is 0 Å². The van der Waals surface area contributed by atoms with E-state index in [9.17, 15) is 0 Å². The summed E-state index contributed by atoms with van der Waals surface area (Å²) in [5.74, 6) is 0.802. The Morgan fingerprint density at radius 2 is 1.91 bits per heavy atom. The average Bonchev–Trinajstić information content (AvgIpc) is 2.55. The molecule has 122 valence electrons. The van der Waals surface area contributed by atoms with Gasteiger partial charge < -0.3 is 15.0 Å². The van der Waals surface area contributed by atoms with E-state index < -0.39 is 0 Å². The highest BCUT2D eigenvalue weighted by Gasteiger charge is 2.10. The summed E-state index contributed by atoms with van der Waals surface area (Å²) < 4.78 is 5.38. The molecule has 0 aromatic heterocycles. The summed E-state index contributed by atoms with van der Waals surface area (Å²) in [5, 5.41) is 4.58. The van der Waals surface area contributed by atoms with Gasteiger partial charge in [-0.2, -0.15) is 0 Å². The lowest BCUT2D eigenvalue weighted by molar-refractivity contribution is 0.399. The molecule has 0 aliphatic heterocycles. The zero-order valence-corrected chi connectivity index (χ0v) is 15.2. The number of hydrogen-bond donors (Lipinski definition) is 1. The Morgan fingerprint density at radius 3 is 2.52 bits per heavy atom. The molecule has 0 atom stereocenters. The van der Waals surface area contributed by atoms with E-state index in [1.54, 1.807) is 7.11 Å². The first-order valence-corrected chi connectivity index (χ1v) is 8.25. The fourth-order valence-corrected chi connectivity index (χ4v) is 2.62. The Hall–Kier alpha value is -1.78. The van der Waals surface area contributed by atoms with Crippen molar-refractivity contribution in [3.05, 3.63) is 58.6 Å². The van der Waals surface area contributed by atoms with Crippen LogP contribution in [0, 0.1) is 0 Å². The van der Waals surface area contributed by atoms with Gasteiger partial charge in [-0.15, -0.1) is 0 Å². The van der Waals surface area contributed by atoms with Crippen molar-refractivity contribution >= 4 is 34.6 Å². The number of thiocarbonyl (C=S) groups is 1. The average molecular weight is 349 g/mol. The SMILES string of the molecule is CCc1ccc(NC(=S)N(C)Cc2cc(Cl)ccc2OC)cc1. The van der Waals surface area contributed by atoms with Gasteiger partial charge in [0.25, 0.3) is 0 Å². The third kappa shape index (κ3) is 4.85. The van der Waals surface area contributed by atoms with Gasteiger partial charge in [0.2, 0.25) is 0 Å². The summed E-state index contributed by atoms with van der Waals surface area (Å²) in [6, 6.07) is 13.9. The number of benzene rings is 2. The van der Waals surface area contributed by atoms with Crippen LogP contribution < -0.4 is 10.1 Å². The maximum Gasteiger partial charge on any atom is 0.173 e. The third-order valence-electron chi connectivity index (χ3n) is 3.61. The molecule has 0 heterocycles. The summed E-state index contributed by atoms with van der Waals surface area (Å²) >= 11 is 11.5. The zero-order valence-electron chi connectivity index (χ0n) is 13.6. The van der Waals surface area contributed by atoms with E-state index in [0.29, 0.717) is 16.7 Å². The standard InChI is InChI=1S/C18H21ClN2OS/c1-4-13-5-8-16(9-6-13)20-18(23)21(2)12-14-11-15(19)7-10-17(14)22-3/h5-11H,4,12H2,1-3H3,(H,20,23). The van der Waals surface area contributed by atoms with Crippen LogP contribution >= 0.6 is 23.8 Å². The number of nitrogens with zero attached hydrogens (tertiary/aromatic N) is 1. The summed E-state index contributed by atoms with van der Waals surface area (Å²) in [4.78, 5) is 1.96. The van der Waals surface area contributed by atoms with Crippen molar-refractivity contribution in [2.24, 2.45) is 0 Å². The predicted molar refractivity (Wildman–Crippen MR) is 102 cm³/mol. The number of rotatable bonds is 5. The van der Waals surface area contributed by atoms with Crippen LogP contribution in [0.4, 0.5) is 5.69 Å².